The van der Waals surface area contributed by atoms with Gasteiger partial charge in [-0.05, 0) is 18.9 Å². The minimum Gasteiger partial charge on any atom is -0.496 e. The largest absolute Gasteiger partial charge is 0.496 e. The lowest BCUT2D eigenvalue weighted by atomic mass is 10.1. The number of aryl methyl sites for hydroxylation is 1. The van der Waals surface area contributed by atoms with E-state index < -0.39 is 0 Å². The molecule has 4 rings (SSSR count). The molecule has 0 unspecified atom stereocenters. The smallest absolute Gasteiger partial charge is 0.176 e. The zero-order valence-corrected chi connectivity index (χ0v) is 14.2. The molecule has 7 nitrogen and oxygen atoms in total. The minimum absolute atomic E-state index is 0.550. The maximum atomic E-state index is 5.52. The molecule has 0 atom stereocenters. The molecule has 1 aliphatic rings. The highest BCUT2D eigenvalue weighted by Crippen LogP contribution is 2.43. The van der Waals surface area contributed by atoms with Crippen LogP contribution in [0, 0.1) is 0 Å². The van der Waals surface area contributed by atoms with Crippen molar-refractivity contribution in [1.82, 2.24) is 19.7 Å². The van der Waals surface area contributed by atoms with E-state index in [1.54, 1.807) is 27.4 Å². The lowest BCUT2D eigenvalue weighted by Crippen LogP contribution is -1.97. The number of rotatable bonds is 5. The number of benzene rings is 1. The van der Waals surface area contributed by atoms with Crippen molar-refractivity contribution in [2.24, 2.45) is 7.05 Å². The second-order valence-electron chi connectivity index (χ2n) is 5.97. The van der Waals surface area contributed by atoms with Gasteiger partial charge in [0.05, 0.1) is 32.6 Å². The number of hydrogen-bond acceptors (Lipinski definition) is 5. The molecule has 126 valence electrons. The fourth-order valence-electron chi connectivity index (χ4n) is 3.02. The van der Waals surface area contributed by atoms with Crippen LogP contribution in [-0.2, 0) is 7.05 Å². The van der Waals surface area contributed by atoms with E-state index in [0.29, 0.717) is 23.2 Å². The van der Waals surface area contributed by atoms with Crippen LogP contribution in [0.25, 0.3) is 22.6 Å². The number of aromatic nitrogens is 4. The molecule has 0 amide bonds. The summed E-state index contributed by atoms with van der Waals surface area (Å²) in [4.78, 5) is 8.14. The Bertz CT molecular complexity index is 908. The molecule has 0 radical (unpaired) electrons. The number of hydrogen-bond donors (Lipinski definition) is 1. The third-order valence-corrected chi connectivity index (χ3v) is 4.43. The van der Waals surface area contributed by atoms with Gasteiger partial charge in [-0.1, -0.05) is 0 Å². The van der Waals surface area contributed by atoms with Gasteiger partial charge in [0, 0.05) is 19.0 Å². The SMILES string of the molecule is COc1cc(OC)c(-c2nc3c([nH]2)c(C2CC2)nn3C)cc1OC. The Morgan fingerprint density at radius 2 is 1.71 bits per heavy atom. The summed E-state index contributed by atoms with van der Waals surface area (Å²) >= 11 is 0. The van der Waals surface area contributed by atoms with Crippen molar-refractivity contribution in [3.8, 4) is 28.6 Å². The predicted molar refractivity (Wildman–Crippen MR) is 89.9 cm³/mol. The number of fused-ring (bicyclic) bond motifs is 1. The quantitative estimate of drug-likeness (QED) is 0.779. The van der Waals surface area contributed by atoms with E-state index in [2.05, 4.69) is 10.1 Å². The predicted octanol–water partition coefficient (Wildman–Crippen LogP) is 2.87. The van der Waals surface area contributed by atoms with Crippen molar-refractivity contribution in [2.75, 3.05) is 21.3 Å². The number of methoxy groups -OCH3 is 3. The van der Waals surface area contributed by atoms with E-state index >= 15 is 0 Å². The fraction of sp³-hybridized carbons (Fsp3) is 0.412. The van der Waals surface area contributed by atoms with Crippen molar-refractivity contribution in [3.63, 3.8) is 0 Å². The van der Waals surface area contributed by atoms with Crippen molar-refractivity contribution in [1.29, 1.82) is 0 Å². The summed E-state index contributed by atoms with van der Waals surface area (Å²) in [7, 11) is 6.77. The molecule has 1 fully saturated rings. The van der Waals surface area contributed by atoms with Gasteiger partial charge in [0.15, 0.2) is 17.1 Å². The summed E-state index contributed by atoms with van der Waals surface area (Å²) in [6, 6.07) is 3.68. The van der Waals surface area contributed by atoms with Crippen LogP contribution in [0.1, 0.15) is 24.5 Å². The van der Waals surface area contributed by atoms with Crippen LogP contribution in [0.3, 0.4) is 0 Å². The second kappa shape index (κ2) is 5.43. The van der Waals surface area contributed by atoms with Crippen molar-refractivity contribution < 1.29 is 14.2 Å². The van der Waals surface area contributed by atoms with E-state index in [4.69, 9.17) is 19.2 Å². The molecule has 0 spiro atoms. The van der Waals surface area contributed by atoms with Crippen LogP contribution in [0.15, 0.2) is 12.1 Å². The molecule has 0 aliphatic heterocycles. The van der Waals surface area contributed by atoms with E-state index in [9.17, 15) is 0 Å². The van der Waals surface area contributed by atoms with E-state index in [1.165, 1.54) is 12.8 Å². The molecule has 3 aromatic rings. The molecule has 1 aliphatic carbocycles. The van der Waals surface area contributed by atoms with Crippen LogP contribution < -0.4 is 14.2 Å². The molecule has 24 heavy (non-hydrogen) atoms. The number of ether oxygens (including phenoxy) is 3. The molecule has 2 heterocycles. The summed E-state index contributed by atoms with van der Waals surface area (Å²) < 4.78 is 18.1. The lowest BCUT2D eigenvalue weighted by molar-refractivity contribution is 0.349. The molecule has 0 saturated heterocycles. The van der Waals surface area contributed by atoms with Gasteiger partial charge in [-0.3, -0.25) is 0 Å². The Kier molecular flexibility index (Phi) is 3.37. The zero-order chi connectivity index (χ0) is 16.8. The van der Waals surface area contributed by atoms with Crippen LogP contribution in [0.4, 0.5) is 0 Å². The average molecular weight is 328 g/mol. The Balaban J connectivity index is 1.89. The molecule has 7 heteroatoms. The van der Waals surface area contributed by atoms with Gasteiger partial charge in [-0.15, -0.1) is 0 Å². The number of imidazole rings is 1. The normalized spacial score (nSPS) is 14.2. The van der Waals surface area contributed by atoms with Gasteiger partial charge in [-0.25, -0.2) is 9.67 Å². The number of nitrogens with one attached hydrogen (secondary N) is 1. The van der Waals surface area contributed by atoms with E-state index in [0.717, 1.165) is 28.2 Å². The number of aromatic amines is 1. The van der Waals surface area contributed by atoms with Crippen LogP contribution in [0.2, 0.25) is 0 Å². The summed E-state index contributed by atoms with van der Waals surface area (Å²) in [6.07, 6.45) is 2.39. The van der Waals surface area contributed by atoms with Gasteiger partial charge < -0.3 is 19.2 Å². The third-order valence-electron chi connectivity index (χ3n) is 4.43. The summed E-state index contributed by atoms with van der Waals surface area (Å²) in [5, 5.41) is 4.60. The van der Waals surface area contributed by atoms with Gasteiger partial charge in [-0.2, -0.15) is 5.10 Å². The highest BCUT2D eigenvalue weighted by Gasteiger charge is 2.30. The maximum absolute atomic E-state index is 5.52. The fourth-order valence-corrected chi connectivity index (χ4v) is 3.02. The Hall–Kier alpha value is -2.70. The first-order chi connectivity index (χ1) is 11.7. The average Bonchev–Trinajstić information content (AvgIpc) is 3.28. The van der Waals surface area contributed by atoms with Crippen molar-refractivity contribution in [2.45, 2.75) is 18.8 Å². The first-order valence-electron chi connectivity index (χ1n) is 7.89. The second-order valence-corrected chi connectivity index (χ2v) is 5.97. The standard InChI is InChI=1S/C17H20N4O3/c1-21-17-15(14(20-21)9-5-6-9)18-16(19-17)10-7-12(23-3)13(24-4)8-11(10)22-2/h7-9H,5-6H2,1-4H3,(H,18,19). The van der Waals surface area contributed by atoms with Crippen LogP contribution in [-0.4, -0.2) is 41.1 Å². The van der Waals surface area contributed by atoms with E-state index in [1.807, 2.05) is 17.8 Å². The highest BCUT2D eigenvalue weighted by molar-refractivity contribution is 5.82. The molecule has 0 bridgehead atoms. The highest BCUT2D eigenvalue weighted by atomic mass is 16.5. The number of nitrogens with zero attached hydrogens (tertiary/aromatic N) is 3. The topological polar surface area (TPSA) is 74.2 Å². The molecule has 2 aromatic heterocycles. The van der Waals surface area contributed by atoms with Crippen LogP contribution >= 0.6 is 0 Å². The monoisotopic (exact) mass is 328 g/mol. The molecule has 1 N–H and O–H groups in total. The van der Waals surface area contributed by atoms with Gasteiger partial charge >= 0.3 is 0 Å². The Labute approximate surface area is 139 Å². The van der Waals surface area contributed by atoms with Gasteiger partial charge in [0.1, 0.15) is 17.1 Å². The summed E-state index contributed by atoms with van der Waals surface area (Å²) in [5.41, 5.74) is 3.79. The Morgan fingerprint density at radius 3 is 2.33 bits per heavy atom. The molecular weight excluding hydrogens is 308 g/mol. The van der Waals surface area contributed by atoms with Crippen molar-refractivity contribution in [3.05, 3.63) is 17.8 Å². The minimum atomic E-state index is 0.550. The maximum Gasteiger partial charge on any atom is 0.176 e. The lowest BCUT2D eigenvalue weighted by Gasteiger charge is -2.12. The van der Waals surface area contributed by atoms with Gasteiger partial charge in [0.2, 0.25) is 0 Å². The molecule has 1 aromatic carbocycles. The Morgan fingerprint density at radius 1 is 1.04 bits per heavy atom. The summed E-state index contributed by atoms with van der Waals surface area (Å²) in [6.45, 7) is 0. The zero-order valence-electron chi connectivity index (χ0n) is 14.2. The van der Waals surface area contributed by atoms with Crippen LogP contribution in [0.5, 0.6) is 17.2 Å². The van der Waals surface area contributed by atoms with E-state index in [-0.39, 0.29) is 0 Å². The molecular formula is C17H20N4O3. The third kappa shape index (κ3) is 2.19. The first kappa shape index (κ1) is 14.9. The molecule has 1 saturated carbocycles. The van der Waals surface area contributed by atoms with Crippen molar-refractivity contribution >= 4 is 11.2 Å². The number of H-pyrrole nitrogens is 1. The summed E-state index contributed by atoms with van der Waals surface area (Å²) in [5.74, 6) is 3.21. The van der Waals surface area contributed by atoms with Gasteiger partial charge in [0.25, 0.3) is 0 Å². The first-order valence-corrected chi connectivity index (χ1v) is 7.89.